The predicted octanol–water partition coefficient (Wildman–Crippen LogP) is -1.10. The van der Waals surface area contributed by atoms with Crippen molar-refractivity contribution >= 4 is 0 Å². The van der Waals surface area contributed by atoms with Crippen LogP contribution in [0.5, 0.6) is 0 Å². The first-order valence-electron chi connectivity index (χ1n) is 2.53. The molecule has 1 rings (SSSR count). The summed E-state index contributed by atoms with van der Waals surface area (Å²) in [5.74, 6) is 5.24. The first-order chi connectivity index (χ1) is 3.83. The zero-order valence-electron chi connectivity index (χ0n) is 4.78. The van der Waals surface area contributed by atoms with Crippen LogP contribution in [0.1, 0.15) is 6.92 Å². The van der Waals surface area contributed by atoms with Crippen LogP contribution in [0.4, 0.5) is 0 Å². The highest BCUT2D eigenvalue weighted by Gasteiger charge is 1.95. The van der Waals surface area contributed by atoms with Crippen LogP contribution in [0.15, 0.2) is 12.4 Å². The van der Waals surface area contributed by atoms with Crippen molar-refractivity contribution in [1.82, 2.24) is 10.0 Å². The monoisotopic (exact) mass is 113 g/mol. The number of nitrogens with two attached hydrogens (primary N) is 1. The van der Waals surface area contributed by atoms with E-state index in [1.165, 1.54) is 4.79 Å². The Morgan fingerprint density at radius 3 is 2.88 bits per heavy atom. The van der Waals surface area contributed by atoms with E-state index in [9.17, 15) is 0 Å². The molecule has 0 saturated heterocycles. The van der Waals surface area contributed by atoms with Crippen LogP contribution < -0.4 is 10.5 Å². The standard InChI is InChI=1S/C4H9N4/c1-2-7-3-4-8(5)6-7/h3-4H,2H2,1H3,(H2,5,6)/q+1. The molecule has 0 atom stereocenters. The fraction of sp³-hybridized carbons (Fsp3) is 0.500. The van der Waals surface area contributed by atoms with Gasteiger partial charge in [0.15, 0.2) is 12.4 Å². The summed E-state index contributed by atoms with van der Waals surface area (Å²) in [5, 5.41) is 3.84. The maximum absolute atomic E-state index is 5.24. The van der Waals surface area contributed by atoms with E-state index in [2.05, 4.69) is 5.21 Å². The fourth-order valence-electron chi connectivity index (χ4n) is 0.506. The van der Waals surface area contributed by atoms with Crippen LogP contribution >= 0.6 is 0 Å². The van der Waals surface area contributed by atoms with Crippen molar-refractivity contribution in [2.24, 2.45) is 0 Å². The molecule has 44 valence electrons. The third kappa shape index (κ3) is 0.776. The summed E-state index contributed by atoms with van der Waals surface area (Å²) in [6.45, 7) is 2.87. The highest BCUT2D eigenvalue weighted by molar-refractivity contribution is 4.54. The van der Waals surface area contributed by atoms with Crippen molar-refractivity contribution in [3.8, 4) is 0 Å². The highest BCUT2D eigenvalue weighted by atomic mass is 15.6. The predicted molar refractivity (Wildman–Crippen MR) is 28.2 cm³/mol. The molecule has 0 unspecified atom stereocenters. The number of nitrogens with zero attached hydrogens (tertiary/aromatic N) is 3. The van der Waals surface area contributed by atoms with E-state index in [0.29, 0.717) is 0 Å². The van der Waals surface area contributed by atoms with E-state index < -0.39 is 0 Å². The Morgan fingerprint density at radius 2 is 2.62 bits per heavy atom. The Labute approximate surface area is 47.5 Å². The molecule has 0 amide bonds. The molecule has 0 aliphatic rings. The molecule has 0 saturated carbocycles. The molecular weight excluding hydrogens is 104 g/mol. The van der Waals surface area contributed by atoms with Gasteiger partial charge in [-0.1, -0.05) is 0 Å². The van der Waals surface area contributed by atoms with Gasteiger partial charge in [0.1, 0.15) is 11.8 Å². The summed E-state index contributed by atoms with van der Waals surface area (Å²) in [5.41, 5.74) is 0. The van der Waals surface area contributed by atoms with Crippen LogP contribution in [-0.4, -0.2) is 10.0 Å². The fourth-order valence-corrected chi connectivity index (χ4v) is 0.506. The molecule has 1 heterocycles. The van der Waals surface area contributed by atoms with Gasteiger partial charge in [-0.25, -0.2) is 5.84 Å². The van der Waals surface area contributed by atoms with Crippen LogP contribution in [0, 0.1) is 0 Å². The lowest BCUT2D eigenvalue weighted by atomic mass is 10.7. The van der Waals surface area contributed by atoms with E-state index in [1.807, 2.05) is 13.1 Å². The van der Waals surface area contributed by atoms with Gasteiger partial charge >= 0.3 is 0 Å². The second-order valence-corrected chi connectivity index (χ2v) is 1.52. The number of aromatic nitrogens is 3. The number of hydrogen-bond acceptors (Lipinski definition) is 2. The maximum atomic E-state index is 5.24. The number of rotatable bonds is 1. The smallest absolute Gasteiger partial charge is 0.184 e. The van der Waals surface area contributed by atoms with Crippen LogP contribution in [0.2, 0.25) is 0 Å². The second kappa shape index (κ2) is 1.81. The molecule has 8 heavy (non-hydrogen) atoms. The van der Waals surface area contributed by atoms with Gasteiger partial charge in [-0.3, -0.25) is 0 Å². The summed E-state index contributed by atoms with van der Waals surface area (Å²) >= 11 is 0. The molecule has 0 aromatic carbocycles. The topological polar surface area (TPSA) is 47.7 Å². The van der Waals surface area contributed by atoms with Crippen molar-refractivity contribution in [3.05, 3.63) is 12.4 Å². The van der Waals surface area contributed by atoms with Gasteiger partial charge in [0.05, 0.1) is 0 Å². The second-order valence-electron chi connectivity index (χ2n) is 1.52. The number of nitrogen functional groups attached to an aromatic ring is 1. The lowest BCUT2D eigenvalue weighted by molar-refractivity contribution is -0.752. The molecule has 0 fully saturated rings. The van der Waals surface area contributed by atoms with Gasteiger partial charge in [0, 0.05) is 0 Å². The quantitative estimate of drug-likeness (QED) is 0.371. The molecule has 0 aliphatic carbocycles. The largest absolute Gasteiger partial charge is 0.249 e. The van der Waals surface area contributed by atoms with Crippen molar-refractivity contribution in [2.45, 2.75) is 13.5 Å². The van der Waals surface area contributed by atoms with Gasteiger partial charge in [0.2, 0.25) is 0 Å². The maximum Gasteiger partial charge on any atom is 0.184 e. The van der Waals surface area contributed by atoms with Crippen molar-refractivity contribution in [2.75, 3.05) is 5.84 Å². The molecular formula is C4H9N4+. The molecule has 2 N–H and O–H groups in total. The Kier molecular flexibility index (Phi) is 1.15. The molecule has 1 aromatic rings. The zero-order chi connectivity index (χ0) is 5.98. The van der Waals surface area contributed by atoms with Crippen LogP contribution in [0.3, 0.4) is 0 Å². The lowest BCUT2D eigenvalue weighted by Crippen LogP contribution is -2.35. The first kappa shape index (κ1) is 5.08. The van der Waals surface area contributed by atoms with Gasteiger partial charge in [-0.2, -0.15) is 0 Å². The first-order valence-corrected chi connectivity index (χ1v) is 2.53. The summed E-state index contributed by atoms with van der Waals surface area (Å²) in [7, 11) is 0. The van der Waals surface area contributed by atoms with Gasteiger partial charge in [-0.15, -0.1) is 4.68 Å². The summed E-state index contributed by atoms with van der Waals surface area (Å²) < 4.78 is 1.75. The van der Waals surface area contributed by atoms with Crippen LogP contribution in [0.25, 0.3) is 0 Å². The third-order valence-electron chi connectivity index (χ3n) is 0.934. The average Bonchev–Trinajstić information content (AvgIpc) is 2.14. The van der Waals surface area contributed by atoms with Gasteiger partial charge < -0.3 is 0 Å². The summed E-state index contributed by atoms with van der Waals surface area (Å²) in [4.78, 5) is 1.28. The van der Waals surface area contributed by atoms with Crippen LogP contribution in [-0.2, 0) is 6.54 Å². The normalized spacial score (nSPS) is 9.62. The molecule has 4 nitrogen and oxygen atoms in total. The Hall–Kier alpha value is -1.06. The number of aryl methyl sites for hydroxylation is 1. The minimum absolute atomic E-state index is 0.865. The number of hydrogen-bond donors (Lipinski definition) is 1. The van der Waals surface area contributed by atoms with Gasteiger partial charge in [0.25, 0.3) is 0 Å². The molecule has 1 aromatic heterocycles. The van der Waals surface area contributed by atoms with Crippen molar-refractivity contribution in [1.29, 1.82) is 0 Å². The third-order valence-corrected chi connectivity index (χ3v) is 0.934. The zero-order valence-corrected chi connectivity index (χ0v) is 4.78. The Bertz CT molecular complexity index is 168. The van der Waals surface area contributed by atoms with E-state index in [1.54, 1.807) is 10.9 Å². The van der Waals surface area contributed by atoms with Gasteiger partial charge in [-0.05, 0) is 11.7 Å². The van der Waals surface area contributed by atoms with Crippen molar-refractivity contribution in [3.63, 3.8) is 0 Å². The molecule has 0 aliphatic heterocycles. The van der Waals surface area contributed by atoms with E-state index in [4.69, 9.17) is 5.84 Å². The van der Waals surface area contributed by atoms with Crippen molar-refractivity contribution < 1.29 is 4.68 Å². The molecule has 0 radical (unpaired) electrons. The SMILES string of the molecule is CC[n+]1ccn(N)n1. The molecule has 4 heteroatoms. The van der Waals surface area contributed by atoms with E-state index >= 15 is 0 Å². The van der Waals surface area contributed by atoms with E-state index in [0.717, 1.165) is 6.54 Å². The lowest BCUT2D eigenvalue weighted by Gasteiger charge is -1.77. The highest BCUT2D eigenvalue weighted by Crippen LogP contribution is 1.64. The summed E-state index contributed by atoms with van der Waals surface area (Å²) in [6.07, 6.45) is 3.52. The average molecular weight is 113 g/mol. The van der Waals surface area contributed by atoms with E-state index in [-0.39, 0.29) is 0 Å². The molecule has 0 bridgehead atoms. The Morgan fingerprint density at radius 1 is 1.88 bits per heavy atom. The summed E-state index contributed by atoms with van der Waals surface area (Å²) in [6, 6.07) is 0. The minimum atomic E-state index is 0.865. The Balaban J connectivity index is 2.84. The molecule has 0 spiro atoms. The minimum Gasteiger partial charge on any atom is -0.249 e.